The lowest BCUT2D eigenvalue weighted by atomic mass is 10.2. The lowest BCUT2D eigenvalue weighted by Crippen LogP contribution is -2.25. The largest absolute Gasteiger partial charge is 0.310 e. The fourth-order valence-electron chi connectivity index (χ4n) is 2.76. The summed E-state index contributed by atoms with van der Waals surface area (Å²) in [5.41, 5.74) is 1.64. The number of halogens is 2. The van der Waals surface area contributed by atoms with Crippen LogP contribution in [0.15, 0.2) is 54.7 Å². The molecule has 0 saturated heterocycles. The number of nitrogens with one attached hydrogen (secondary N) is 1. The van der Waals surface area contributed by atoms with Crippen molar-refractivity contribution in [2.45, 2.75) is 12.3 Å². The van der Waals surface area contributed by atoms with Crippen molar-refractivity contribution in [3.05, 3.63) is 81.5 Å². The highest BCUT2D eigenvalue weighted by molar-refractivity contribution is 7.91. The van der Waals surface area contributed by atoms with E-state index in [0.717, 1.165) is 0 Å². The highest BCUT2D eigenvalue weighted by atomic mass is 35.5. The highest BCUT2D eigenvalue weighted by Gasteiger charge is 2.19. The molecule has 0 aliphatic carbocycles. The maximum absolute atomic E-state index is 12.4. The van der Waals surface area contributed by atoms with Gasteiger partial charge in [-0.1, -0.05) is 47.5 Å². The molecule has 0 unspecified atom stereocenters. The number of amides is 1. The first-order chi connectivity index (χ1) is 14.3. The molecular formula is C20H16Cl2N4O3S. The lowest BCUT2D eigenvalue weighted by Gasteiger charge is -2.11. The zero-order valence-electron chi connectivity index (χ0n) is 15.5. The van der Waals surface area contributed by atoms with E-state index in [1.807, 2.05) is 6.07 Å². The second-order valence-corrected chi connectivity index (χ2v) is 9.33. The molecule has 0 radical (unpaired) electrons. The standard InChI is InChI=1S/C20H16Cl2N4O3S/c21-17-3-1-2-16(20(17)22)11-26-18(8-9-24-26)25-19(27)13-30(28,29)12-15-6-4-14(10-23)5-7-15/h1-9H,11-13H2,(H,25,27). The van der Waals surface area contributed by atoms with Crippen molar-refractivity contribution in [2.24, 2.45) is 0 Å². The second kappa shape index (κ2) is 9.30. The van der Waals surface area contributed by atoms with Crippen LogP contribution in [0.5, 0.6) is 0 Å². The van der Waals surface area contributed by atoms with Crippen LogP contribution in [0.4, 0.5) is 5.82 Å². The van der Waals surface area contributed by atoms with Crippen molar-refractivity contribution in [3.63, 3.8) is 0 Å². The predicted molar refractivity (Wildman–Crippen MR) is 115 cm³/mol. The number of nitrogens with zero attached hydrogens (tertiary/aromatic N) is 3. The molecule has 0 aliphatic rings. The molecule has 1 N–H and O–H groups in total. The zero-order valence-corrected chi connectivity index (χ0v) is 17.9. The Bertz CT molecular complexity index is 1220. The van der Waals surface area contributed by atoms with Crippen molar-refractivity contribution >= 4 is 44.8 Å². The van der Waals surface area contributed by atoms with E-state index in [0.29, 0.717) is 32.6 Å². The normalized spacial score (nSPS) is 11.1. The van der Waals surface area contributed by atoms with E-state index in [1.54, 1.807) is 36.4 Å². The van der Waals surface area contributed by atoms with Crippen LogP contribution in [0.1, 0.15) is 16.7 Å². The summed E-state index contributed by atoms with van der Waals surface area (Å²) in [4.78, 5) is 12.3. The molecule has 1 amide bonds. The second-order valence-electron chi connectivity index (χ2n) is 6.48. The van der Waals surface area contributed by atoms with Gasteiger partial charge in [0.2, 0.25) is 5.91 Å². The van der Waals surface area contributed by atoms with Gasteiger partial charge in [-0.05, 0) is 29.3 Å². The third-order valence-electron chi connectivity index (χ3n) is 4.16. The Morgan fingerprint density at radius 3 is 2.57 bits per heavy atom. The third-order valence-corrected chi connectivity index (χ3v) is 6.49. The maximum Gasteiger partial charge on any atom is 0.240 e. The fraction of sp³-hybridized carbons (Fsp3) is 0.150. The summed E-state index contributed by atoms with van der Waals surface area (Å²) in [5, 5.41) is 16.3. The van der Waals surface area contributed by atoms with Crippen LogP contribution in [0.25, 0.3) is 0 Å². The van der Waals surface area contributed by atoms with Crippen LogP contribution in [0.3, 0.4) is 0 Å². The van der Waals surface area contributed by atoms with Gasteiger partial charge in [0, 0.05) is 6.07 Å². The Morgan fingerprint density at radius 1 is 1.13 bits per heavy atom. The van der Waals surface area contributed by atoms with Gasteiger partial charge in [0.05, 0.1) is 40.2 Å². The molecule has 0 spiro atoms. The number of rotatable bonds is 7. The van der Waals surface area contributed by atoms with E-state index in [1.165, 1.54) is 23.0 Å². The third kappa shape index (κ3) is 5.60. The summed E-state index contributed by atoms with van der Waals surface area (Å²) in [6.45, 7) is 0.250. The Morgan fingerprint density at radius 2 is 1.87 bits per heavy atom. The number of nitriles is 1. The number of sulfone groups is 1. The van der Waals surface area contributed by atoms with Gasteiger partial charge >= 0.3 is 0 Å². The first-order valence-corrected chi connectivity index (χ1v) is 11.3. The minimum atomic E-state index is -3.70. The van der Waals surface area contributed by atoms with Crippen LogP contribution in [-0.4, -0.2) is 29.9 Å². The molecule has 0 atom stereocenters. The van der Waals surface area contributed by atoms with Gasteiger partial charge < -0.3 is 5.32 Å². The molecule has 1 aromatic heterocycles. The van der Waals surface area contributed by atoms with Crippen LogP contribution < -0.4 is 5.32 Å². The van der Waals surface area contributed by atoms with Crippen molar-refractivity contribution in [2.75, 3.05) is 11.1 Å². The predicted octanol–water partition coefficient (Wildman–Crippen LogP) is 3.66. The van der Waals surface area contributed by atoms with Crippen LogP contribution >= 0.6 is 23.2 Å². The molecule has 7 nitrogen and oxygen atoms in total. The van der Waals surface area contributed by atoms with Crippen molar-refractivity contribution < 1.29 is 13.2 Å². The van der Waals surface area contributed by atoms with Crippen LogP contribution in [0, 0.1) is 11.3 Å². The molecule has 30 heavy (non-hydrogen) atoms. The summed E-state index contributed by atoms with van der Waals surface area (Å²) in [6.07, 6.45) is 1.49. The minimum Gasteiger partial charge on any atom is -0.310 e. The highest BCUT2D eigenvalue weighted by Crippen LogP contribution is 2.26. The number of anilines is 1. The number of carbonyl (C=O) groups is 1. The van der Waals surface area contributed by atoms with Crippen molar-refractivity contribution in [1.82, 2.24) is 9.78 Å². The van der Waals surface area contributed by atoms with E-state index in [4.69, 9.17) is 28.5 Å². The average molecular weight is 463 g/mol. The lowest BCUT2D eigenvalue weighted by molar-refractivity contribution is -0.113. The van der Waals surface area contributed by atoms with Gasteiger partial charge in [-0.3, -0.25) is 4.79 Å². The number of hydrogen-bond acceptors (Lipinski definition) is 5. The first kappa shape index (κ1) is 21.8. The van der Waals surface area contributed by atoms with E-state index in [2.05, 4.69) is 10.4 Å². The maximum atomic E-state index is 12.4. The van der Waals surface area contributed by atoms with Crippen molar-refractivity contribution in [1.29, 1.82) is 5.26 Å². The summed E-state index contributed by atoms with van der Waals surface area (Å²) >= 11 is 12.2. The number of hydrogen-bond donors (Lipinski definition) is 1. The summed E-state index contributed by atoms with van der Waals surface area (Å²) in [5.74, 6) is -1.33. The Labute approximate surface area is 183 Å². The van der Waals surface area contributed by atoms with Gasteiger partial charge in [0.15, 0.2) is 9.84 Å². The van der Waals surface area contributed by atoms with E-state index < -0.39 is 21.5 Å². The molecule has 0 saturated carbocycles. The summed E-state index contributed by atoms with van der Waals surface area (Å²) in [6, 6.07) is 14.9. The van der Waals surface area contributed by atoms with Crippen LogP contribution in [0.2, 0.25) is 10.0 Å². The topological polar surface area (TPSA) is 105 Å². The molecule has 1 heterocycles. The molecule has 0 aliphatic heterocycles. The quantitative estimate of drug-likeness (QED) is 0.576. The molecule has 0 bridgehead atoms. The SMILES string of the molecule is N#Cc1ccc(CS(=O)(=O)CC(=O)Nc2ccnn2Cc2cccc(Cl)c2Cl)cc1. The van der Waals surface area contributed by atoms with E-state index in [-0.39, 0.29) is 12.3 Å². The van der Waals surface area contributed by atoms with Gasteiger partial charge in [0.1, 0.15) is 11.6 Å². The smallest absolute Gasteiger partial charge is 0.240 e. The minimum absolute atomic E-state index is 0.250. The first-order valence-electron chi connectivity index (χ1n) is 8.71. The van der Waals surface area contributed by atoms with E-state index >= 15 is 0 Å². The van der Waals surface area contributed by atoms with Gasteiger partial charge in [0.25, 0.3) is 0 Å². The van der Waals surface area contributed by atoms with Gasteiger partial charge in [-0.15, -0.1) is 0 Å². The zero-order chi connectivity index (χ0) is 21.7. The Hall–Kier alpha value is -2.86. The number of benzene rings is 2. The monoisotopic (exact) mass is 462 g/mol. The van der Waals surface area contributed by atoms with E-state index in [9.17, 15) is 13.2 Å². The number of carbonyl (C=O) groups excluding carboxylic acids is 1. The molecule has 3 rings (SSSR count). The fourth-order valence-corrected chi connectivity index (χ4v) is 4.41. The van der Waals surface area contributed by atoms with Crippen molar-refractivity contribution in [3.8, 4) is 6.07 Å². The summed E-state index contributed by atoms with van der Waals surface area (Å²) in [7, 11) is -3.70. The molecule has 0 fully saturated rings. The molecule has 10 heteroatoms. The molecule has 3 aromatic rings. The molecule has 2 aromatic carbocycles. The summed E-state index contributed by atoms with van der Waals surface area (Å²) < 4.78 is 26.2. The Balaban J connectivity index is 1.65. The molecule has 154 valence electrons. The van der Waals surface area contributed by atoms with Gasteiger partial charge in [-0.25, -0.2) is 13.1 Å². The average Bonchev–Trinajstić information content (AvgIpc) is 3.11. The van der Waals surface area contributed by atoms with Gasteiger partial charge in [-0.2, -0.15) is 10.4 Å². The number of aromatic nitrogens is 2. The molecular weight excluding hydrogens is 447 g/mol. The van der Waals surface area contributed by atoms with Crippen LogP contribution in [-0.2, 0) is 26.9 Å². The Kier molecular flexibility index (Phi) is 6.77.